The smallest absolute Gasteiger partial charge is 0.275 e. The van der Waals surface area contributed by atoms with Crippen LogP contribution in [0.2, 0.25) is 0 Å². The fourth-order valence-corrected chi connectivity index (χ4v) is 4.32. The monoisotopic (exact) mass is 463 g/mol. The summed E-state index contributed by atoms with van der Waals surface area (Å²) in [7, 11) is 0. The van der Waals surface area contributed by atoms with Crippen LogP contribution >= 0.6 is 0 Å². The van der Waals surface area contributed by atoms with Gasteiger partial charge in [-0.25, -0.2) is 4.52 Å². The van der Waals surface area contributed by atoms with E-state index in [1.165, 1.54) is 17.4 Å². The Labute approximate surface area is 199 Å². The van der Waals surface area contributed by atoms with Gasteiger partial charge in [-0.3, -0.25) is 14.3 Å². The van der Waals surface area contributed by atoms with E-state index in [0.717, 1.165) is 22.0 Å². The minimum atomic E-state index is -0.508. The van der Waals surface area contributed by atoms with Crippen LogP contribution in [0.4, 0.5) is 0 Å². The fraction of sp³-hybridized carbons (Fsp3) is 0.192. The molecule has 3 heterocycles. The van der Waals surface area contributed by atoms with Crippen molar-refractivity contribution in [2.24, 2.45) is 0 Å². The van der Waals surface area contributed by atoms with Crippen LogP contribution in [0, 0.1) is 11.3 Å². The number of H-pyrrole nitrogens is 1. The minimum absolute atomic E-state index is 0.0448. The highest BCUT2D eigenvalue weighted by Crippen LogP contribution is 2.38. The van der Waals surface area contributed by atoms with Gasteiger partial charge >= 0.3 is 0 Å². The summed E-state index contributed by atoms with van der Waals surface area (Å²) in [6, 6.07) is 17.8. The largest absolute Gasteiger partial charge is 0.349 e. The normalized spacial score (nSPS) is 13.2. The maximum absolute atomic E-state index is 12.9. The highest BCUT2D eigenvalue weighted by atomic mass is 16.2. The van der Waals surface area contributed by atoms with E-state index in [-0.39, 0.29) is 16.8 Å². The van der Waals surface area contributed by atoms with Gasteiger partial charge in [0.1, 0.15) is 17.1 Å². The highest BCUT2D eigenvalue weighted by molar-refractivity contribution is 5.97. The minimum Gasteiger partial charge on any atom is -0.349 e. The number of amides is 1. The highest BCUT2D eigenvalue weighted by Gasteiger charge is 2.26. The van der Waals surface area contributed by atoms with Crippen LogP contribution in [0.25, 0.3) is 27.5 Å². The lowest BCUT2D eigenvalue weighted by atomic mass is 10.1. The summed E-state index contributed by atoms with van der Waals surface area (Å²) in [5.41, 5.74) is 1.86. The van der Waals surface area contributed by atoms with Crippen molar-refractivity contribution < 1.29 is 4.79 Å². The molecule has 2 aromatic carbocycles. The first-order valence-electron chi connectivity index (χ1n) is 11.5. The summed E-state index contributed by atoms with van der Waals surface area (Å²) in [4.78, 5) is 28.6. The number of nitriles is 1. The predicted octanol–water partition coefficient (Wildman–Crippen LogP) is 3.22. The van der Waals surface area contributed by atoms with Crippen molar-refractivity contribution in [3.8, 4) is 17.3 Å². The van der Waals surface area contributed by atoms with Crippen LogP contribution in [0.15, 0.2) is 65.7 Å². The molecular formula is C26H21N7O2. The number of aromatic amines is 1. The maximum Gasteiger partial charge on any atom is 0.275 e. The van der Waals surface area contributed by atoms with E-state index in [1.54, 1.807) is 10.9 Å². The summed E-state index contributed by atoms with van der Waals surface area (Å²) in [6.07, 6.45) is 5.89. The average Bonchev–Trinajstić information content (AvgIpc) is 3.49. The van der Waals surface area contributed by atoms with Gasteiger partial charge in [0.05, 0.1) is 24.1 Å². The Kier molecular flexibility index (Phi) is 4.92. The van der Waals surface area contributed by atoms with Gasteiger partial charge in [0.2, 0.25) is 0 Å². The first-order chi connectivity index (χ1) is 17.1. The number of nitrogens with one attached hydrogen (secondary N) is 2. The third kappa shape index (κ3) is 3.85. The second-order valence-corrected chi connectivity index (χ2v) is 8.72. The maximum atomic E-state index is 12.9. The number of benzene rings is 2. The van der Waals surface area contributed by atoms with Crippen molar-refractivity contribution in [3.05, 3.63) is 88.2 Å². The molecule has 0 unspecified atom stereocenters. The Bertz CT molecular complexity index is 1700. The Morgan fingerprint density at radius 3 is 2.77 bits per heavy atom. The number of nitrogens with zero attached hydrogens (tertiary/aromatic N) is 5. The number of aromatic nitrogens is 5. The van der Waals surface area contributed by atoms with E-state index in [4.69, 9.17) is 0 Å². The molecule has 1 fully saturated rings. The van der Waals surface area contributed by atoms with Crippen LogP contribution in [0.3, 0.4) is 0 Å². The van der Waals surface area contributed by atoms with Gasteiger partial charge in [-0.2, -0.15) is 15.5 Å². The number of carbonyl (C=O) groups excluding carboxylic acids is 1. The van der Waals surface area contributed by atoms with Gasteiger partial charge in [-0.05, 0) is 35.7 Å². The van der Waals surface area contributed by atoms with E-state index in [2.05, 4.69) is 20.5 Å². The number of rotatable bonds is 6. The lowest BCUT2D eigenvalue weighted by Crippen LogP contribution is -2.28. The Morgan fingerprint density at radius 2 is 1.97 bits per heavy atom. The molecule has 1 amide bonds. The number of hydrogen-bond acceptors (Lipinski definition) is 5. The second kappa shape index (κ2) is 8.25. The van der Waals surface area contributed by atoms with Gasteiger partial charge < -0.3 is 10.3 Å². The first-order valence-corrected chi connectivity index (χ1v) is 11.5. The molecule has 172 valence electrons. The van der Waals surface area contributed by atoms with Gasteiger partial charge in [-0.15, -0.1) is 0 Å². The molecule has 2 N–H and O–H groups in total. The van der Waals surface area contributed by atoms with Crippen LogP contribution < -0.4 is 10.9 Å². The van der Waals surface area contributed by atoms with E-state index >= 15 is 0 Å². The zero-order valence-corrected chi connectivity index (χ0v) is 18.7. The number of hydrogen-bond donors (Lipinski definition) is 2. The van der Waals surface area contributed by atoms with Crippen molar-refractivity contribution in [2.45, 2.75) is 25.3 Å². The lowest BCUT2D eigenvalue weighted by molar-refractivity contribution is 0.0946. The molecule has 1 aliphatic carbocycles. The molecule has 6 rings (SSSR count). The quantitative estimate of drug-likeness (QED) is 0.401. The van der Waals surface area contributed by atoms with Crippen LogP contribution in [-0.4, -0.2) is 36.8 Å². The molecule has 0 saturated heterocycles. The van der Waals surface area contributed by atoms with Crippen molar-refractivity contribution >= 4 is 22.2 Å². The molecule has 9 nitrogen and oxygen atoms in total. The summed E-state index contributed by atoms with van der Waals surface area (Å²) in [5.74, 6) is 0.0612. The van der Waals surface area contributed by atoms with E-state index in [9.17, 15) is 14.9 Å². The average molecular weight is 464 g/mol. The van der Waals surface area contributed by atoms with Crippen molar-refractivity contribution in [1.29, 1.82) is 5.26 Å². The standard InChI is InChI=1S/C26H21N7O2/c27-14-20-23(25(34)28-10-12-32-11-9-21(30-32)17-6-7-17)31-33-15-22(29-26(35)24(20)33)19-8-5-16-3-1-2-4-18(16)13-19/h1-5,8-9,11,13,15,17H,6-7,10,12H2,(H,28,34)(H,29,35). The molecule has 0 aliphatic heterocycles. The van der Waals surface area contributed by atoms with Crippen molar-refractivity contribution in [3.63, 3.8) is 0 Å². The van der Waals surface area contributed by atoms with E-state index in [1.807, 2.05) is 60.8 Å². The number of carbonyl (C=O) groups is 1. The molecule has 0 radical (unpaired) electrons. The van der Waals surface area contributed by atoms with Gasteiger partial charge in [0.15, 0.2) is 5.69 Å². The molecule has 5 aromatic rings. The Morgan fingerprint density at radius 1 is 1.14 bits per heavy atom. The van der Waals surface area contributed by atoms with Gasteiger partial charge in [-0.1, -0.05) is 36.4 Å². The molecule has 3 aromatic heterocycles. The SMILES string of the molecule is N#Cc1c(C(=O)NCCn2ccc(C3CC3)n2)nn2cc(-c3ccc4ccccc4c3)[nH]c(=O)c12. The summed E-state index contributed by atoms with van der Waals surface area (Å²) in [6.45, 7) is 0.822. The first kappa shape index (κ1) is 20.9. The molecule has 1 aliphatic rings. The molecule has 0 spiro atoms. The lowest BCUT2D eigenvalue weighted by Gasteiger charge is -2.05. The van der Waals surface area contributed by atoms with Crippen molar-refractivity contribution in [2.75, 3.05) is 6.54 Å². The zero-order valence-electron chi connectivity index (χ0n) is 18.7. The Hall–Kier alpha value is -4.71. The van der Waals surface area contributed by atoms with Gasteiger partial charge in [0.25, 0.3) is 11.5 Å². The Balaban J connectivity index is 1.27. The third-order valence-corrected chi connectivity index (χ3v) is 6.30. The molecular weight excluding hydrogens is 442 g/mol. The van der Waals surface area contributed by atoms with E-state index in [0.29, 0.717) is 24.7 Å². The molecule has 0 atom stereocenters. The summed E-state index contributed by atoms with van der Waals surface area (Å²) < 4.78 is 3.11. The van der Waals surface area contributed by atoms with Gasteiger partial charge in [0, 0.05) is 24.2 Å². The second-order valence-electron chi connectivity index (χ2n) is 8.72. The molecule has 9 heteroatoms. The van der Waals surface area contributed by atoms with Crippen LogP contribution in [-0.2, 0) is 6.54 Å². The predicted molar refractivity (Wildman–Crippen MR) is 130 cm³/mol. The molecule has 1 saturated carbocycles. The molecule has 35 heavy (non-hydrogen) atoms. The molecule has 0 bridgehead atoms. The van der Waals surface area contributed by atoms with Crippen LogP contribution in [0.1, 0.15) is 40.5 Å². The number of fused-ring (bicyclic) bond motifs is 2. The fourth-order valence-electron chi connectivity index (χ4n) is 4.32. The van der Waals surface area contributed by atoms with E-state index < -0.39 is 11.5 Å². The topological polar surface area (TPSA) is 121 Å². The van der Waals surface area contributed by atoms with Crippen molar-refractivity contribution in [1.82, 2.24) is 29.7 Å². The third-order valence-electron chi connectivity index (χ3n) is 6.30. The summed E-state index contributed by atoms with van der Waals surface area (Å²) >= 11 is 0. The summed E-state index contributed by atoms with van der Waals surface area (Å²) in [5, 5.41) is 23.4. The van der Waals surface area contributed by atoms with Crippen LogP contribution in [0.5, 0.6) is 0 Å². The zero-order chi connectivity index (χ0) is 23.9.